The normalized spacial score (nSPS) is 19.8. The SMILES string of the molecule is c1cn(CCCNC2CCCCCCCCCCC2)nn1. The summed E-state index contributed by atoms with van der Waals surface area (Å²) in [6, 6.07) is 0.736. The molecule has 0 spiro atoms. The van der Waals surface area contributed by atoms with Crippen molar-refractivity contribution < 1.29 is 0 Å². The highest BCUT2D eigenvalue weighted by Gasteiger charge is 2.08. The lowest BCUT2D eigenvalue weighted by Gasteiger charge is -2.19. The lowest BCUT2D eigenvalue weighted by molar-refractivity contribution is 0.395. The molecule has 0 saturated heterocycles. The number of aryl methyl sites for hydroxylation is 1. The molecule has 21 heavy (non-hydrogen) atoms. The van der Waals surface area contributed by atoms with Crippen LogP contribution in [0, 0.1) is 0 Å². The fourth-order valence-electron chi connectivity index (χ4n) is 3.27. The van der Waals surface area contributed by atoms with Gasteiger partial charge in [0, 0.05) is 18.8 Å². The third-order valence-electron chi connectivity index (χ3n) is 4.57. The summed E-state index contributed by atoms with van der Waals surface area (Å²) >= 11 is 0. The molecule has 0 radical (unpaired) electrons. The van der Waals surface area contributed by atoms with Crippen molar-refractivity contribution in [3.8, 4) is 0 Å². The molecule has 4 nitrogen and oxygen atoms in total. The molecule has 0 aromatic carbocycles. The summed E-state index contributed by atoms with van der Waals surface area (Å²) in [7, 11) is 0. The first-order chi connectivity index (χ1) is 10.4. The number of rotatable bonds is 5. The highest BCUT2D eigenvalue weighted by Crippen LogP contribution is 2.16. The van der Waals surface area contributed by atoms with E-state index >= 15 is 0 Å². The van der Waals surface area contributed by atoms with E-state index in [0.29, 0.717) is 0 Å². The van der Waals surface area contributed by atoms with Gasteiger partial charge in [-0.15, -0.1) is 5.10 Å². The van der Waals surface area contributed by atoms with Gasteiger partial charge >= 0.3 is 0 Å². The number of aromatic nitrogens is 3. The van der Waals surface area contributed by atoms with Crippen molar-refractivity contribution in [3.63, 3.8) is 0 Å². The average molecular weight is 292 g/mol. The minimum absolute atomic E-state index is 0.736. The molecule has 1 saturated carbocycles. The monoisotopic (exact) mass is 292 g/mol. The van der Waals surface area contributed by atoms with Gasteiger partial charge in [-0.2, -0.15) is 0 Å². The maximum absolute atomic E-state index is 4.01. The van der Waals surface area contributed by atoms with Gasteiger partial charge in [0.25, 0.3) is 0 Å². The number of nitrogens with zero attached hydrogens (tertiary/aromatic N) is 3. The van der Waals surface area contributed by atoms with Crippen molar-refractivity contribution in [1.29, 1.82) is 0 Å². The second kappa shape index (κ2) is 10.8. The van der Waals surface area contributed by atoms with Crippen LogP contribution in [0.15, 0.2) is 12.4 Å². The summed E-state index contributed by atoms with van der Waals surface area (Å²) in [5.41, 5.74) is 0. The van der Waals surface area contributed by atoms with Gasteiger partial charge in [0.15, 0.2) is 0 Å². The van der Waals surface area contributed by atoms with Crippen LogP contribution >= 0.6 is 0 Å². The zero-order valence-corrected chi connectivity index (χ0v) is 13.5. The quantitative estimate of drug-likeness (QED) is 0.836. The van der Waals surface area contributed by atoms with Crippen molar-refractivity contribution in [2.75, 3.05) is 6.54 Å². The van der Waals surface area contributed by atoms with Crippen LogP contribution in [-0.4, -0.2) is 27.6 Å². The lowest BCUT2D eigenvalue weighted by Crippen LogP contribution is -2.30. The highest BCUT2D eigenvalue weighted by molar-refractivity contribution is 4.69. The number of hydrogen-bond donors (Lipinski definition) is 1. The van der Waals surface area contributed by atoms with Crippen LogP contribution in [0.1, 0.15) is 77.0 Å². The Hall–Kier alpha value is -0.900. The Kier molecular flexibility index (Phi) is 8.45. The number of hydrogen-bond acceptors (Lipinski definition) is 3. The van der Waals surface area contributed by atoms with Crippen LogP contribution in [0.2, 0.25) is 0 Å². The van der Waals surface area contributed by atoms with Gasteiger partial charge in [-0.05, 0) is 25.8 Å². The Morgan fingerprint density at radius 1 is 0.905 bits per heavy atom. The van der Waals surface area contributed by atoms with Crippen molar-refractivity contribution in [3.05, 3.63) is 12.4 Å². The van der Waals surface area contributed by atoms with E-state index in [4.69, 9.17) is 0 Å². The van der Waals surface area contributed by atoms with Gasteiger partial charge < -0.3 is 5.32 Å². The van der Waals surface area contributed by atoms with Crippen LogP contribution in [0.4, 0.5) is 0 Å². The van der Waals surface area contributed by atoms with Gasteiger partial charge in [-0.3, -0.25) is 4.68 Å². The Bertz CT molecular complexity index is 325. The summed E-state index contributed by atoms with van der Waals surface area (Å²) in [5.74, 6) is 0. The molecule has 4 heteroatoms. The largest absolute Gasteiger partial charge is 0.314 e. The zero-order valence-electron chi connectivity index (χ0n) is 13.5. The smallest absolute Gasteiger partial charge is 0.0692 e. The molecule has 1 aliphatic carbocycles. The first-order valence-electron chi connectivity index (χ1n) is 9.02. The molecule has 1 aliphatic rings. The predicted molar refractivity (Wildman–Crippen MR) is 87.2 cm³/mol. The number of nitrogens with one attached hydrogen (secondary N) is 1. The van der Waals surface area contributed by atoms with Crippen LogP contribution in [0.3, 0.4) is 0 Å². The van der Waals surface area contributed by atoms with Crippen molar-refractivity contribution in [2.45, 2.75) is 89.6 Å². The van der Waals surface area contributed by atoms with Gasteiger partial charge in [-0.25, -0.2) is 0 Å². The first kappa shape index (κ1) is 16.5. The zero-order chi connectivity index (χ0) is 14.6. The molecule has 0 bridgehead atoms. The summed E-state index contributed by atoms with van der Waals surface area (Å²) in [6.45, 7) is 2.07. The summed E-state index contributed by atoms with van der Waals surface area (Å²) in [6.07, 6.45) is 20.5. The van der Waals surface area contributed by atoms with Crippen LogP contribution < -0.4 is 5.32 Å². The third-order valence-corrected chi connectivity index (χ3v) is 4.57. The van der Waals surface area contributed by atoms with E-state index in [1.807, 2.05) is 10.9 Å². The molecule has 0 amide bonds. The van der Waals surface area contributed by atoms with Crippen molar-refractivity contribution >= 4 is 0 Å². The topological polar surface area (TPSA) is 42.7 Å². The van der Waals surface area contributed by atoms with E-state index in [2.05, 4.69) is 15.6 Å². The molecule has 0 aliphatic heterocycles. The molecule has 1 aromatic rings. The summed E-state index contributed by atoms with van der Waals surface area (Å²) in [4.78, 5) is 0. The van der Waals surface area contributed by atoms with E-state index in [1.165, 1.54) is 70.6 Å². The minimum atomic E-state index is 0.736. The fourth-order valence-corrected chi connectivity index (χ4v) is 3.27. The van der Waals surface area contributed by atoms with Crippen molar-refractivity contribution in [2.24, 2.45) is 0 Å². The van der Waals surface area contributed by atoms with Crippen LogP contribution in [0.5, 0.6) is 0 Å². The Labute approximate surface area is 129 Å². The molecule has 0 unspecified atom stereocenters. The molecule has 0 atom stereocenters. The highest BCUT2D eigenvalue weighted by atomic mass is 15.4. The fraction of sp³-hybridized carbons (Fsp3) is 0.882. The van der Waals surface area contributed by atoms with Gasteiger partial charge in [0.05, 0.1) is 6.20 Å². The van der Waals surface area contributed by atoms with Crippen LogP contribution in [-0.2, 0) is 6.54 Å². The van der Waals surface area contributed by atoms with Gasteiger partial charge in [0.2, 0.25) is 0 Å². The standard InChI is InChI=1S/C17H32N4/c1-2-4-6-8-11-17(12-9-7-5-3-1)18-13-10-15-21-16-14-19-20-21/h14,16-18H,1-13,15H2. The molecular formula is C17H32N4. The van der Waals surface area contributed by atoms with Crippen molar-refractivity contribution in [1.82, 2.24) is 20.3 Å². The maximum Gasteiger partial charge on any atom is 0.0692 e. The molecule has 1 N–H and O–H groups in total. The van der Waals surface area contributed by atoms with E-state index in [0.717, 1.165) is 25.6 Å². The molecule has 120 valence electrons. The molecular weight excluding hydrogens is 260 g/mol. The summed E-state index contributed by atoms with van der Waals surface area (Å²) < 4.78 is 1.92. The lowest BCUT2D eigenvalue weighted by atomic mass is 9.98. The van der Waals surface area contributed by atoms with E-state index in [-0.39, 0.29) is 0 Å². The maximum atomic E-state index is 4.01. The summed E-state index contributed by atoms with van der Waals surface area (Å²) in [5, 5.41) is 11.6. The predicted octanol–water partition coefficient (Wildman–Crippen LogP) is 3.93. The van der Waals surface area contributed by atoms with Gasteiger partial charge in [0.1, 0.15) is 0 Å². The first-order valence-corrected chi connectivity index (χ1v) is 9.02. The average Bonchev–Trinajstić information content (AvgIpc) is 2.99. The molecule has 1 fully saturated rings. The van der Waals surface area contributed by atoms with Gasteiger partial charge in [-0.1, -0.05) is 63.0 Å². The Morgan fingerprint density at radius 3 is 2.10 bits per heavy atom. The Balaban J connectivity index is 1.60. The minimum Gasteiger partial charge on any atom is -0.314 e. The van der Waals surface area contributed by atoms with E-state index in [9.17, 15) is 0 Å². The molecule has 1 heterocycles. The molecule has 2 rings (SSSR count). The van der Waals surface area contributed by atoms with E-state index < -0.39 is 0 Å². The van der Waals surface area contributed by atoms with Crippen LogP contribution in [0.25, 0.3) is 0 Å². The third kappa shape index (κ3) is 7.60. The second-order valence-corrected chi connectivity index (χ2v) is 6.43. The second-order valence-electron chi connectivity index (χ2n) is 6.43. The molecule has 1 aromatic heterocycles. The van der Waals surface area contributed by atoms with E-state index in [1.54, 1.807) is 6.20 Å². The Morgan fingerprint density at radius 2 is 1.52 bits per heavy atom.